The fourth-order valence-corrected chi connectivity index (χ4v) is 1.40. The number of ether oxygens (including phenoxy) is 1. The summed E-state index contributed by atoms with van der Waals surface area (Å²) >= 11 is 0. The predicted octanol–water partition coefficient (Wildman–Crippen LogP) is 0.0292. The molecule has 5 heteroatoms. The molecule has 0 saturated heterocycles. The highest BCUT2D eigenvalue weighted by molar-refractivity contribution is 5.14. The molecule has 4 N–H and O–H groups in total. The number of aliphatic hydroxyl groups excluding tert-OH is 3. The molecule has 0 aliphatic carbocycles. The molecule has 3 atom stereocenters. The van der Waals surface area contributed by atoms with E-state index in [0.29, 0.717) is 0 Å². The van der Waals surface area contributed by atoms with Gasteiger partial charge in [0.15, 0.2) is 11.5 Å². The van der Waals surface area contributed by atoms with E-state index in [4.69, 9.17) is 14.9 Å². The highest BCUT2D eigenvalue weighted by Gasteiger charge is 2.37. The zero-order chi connectivity index (χ0) is 10.0. The Bertz CT molecular complexity index is 212. The van der Waals surface area contributed by atoms with E-state index >= 15 is 0 Å². The normalized spacial score (nSPS) is 31.0. The Balaban J connectivity index is 2.74. The number of rotatable bonds is 3. The molecule has 1 rings (SSSR count). The molecule has 0 aromatic carbocycles. The third-order valence-corrected chi connectivity index (χ3v) is 2.22. The summed E-state index contributed by atoms with van der Waals surface area (Å²) in [5, 5.41) is 30.5. The second kappa shape index (κ2) is 3.95. The molecule has 0 fully saturated rings. The quantitative estimate of drug-likeness (QED) is 0.503. The number of nitrogens with one attached hydrogen (secondary N) is 1. The van der Waals surface area contributed by atoms with E-state index in [1.165, 1.54) is 0 Å². The average Bonchev–Trinajstić information content (AvgIpc) is 2.36. The standard InChI is InChI=1S/C8H15NO4/c1-3-4(9-2)7-5(10)6(11)8(12)13-7/h4,7-12H,3H2,1-2H3. The summed E-state index contributed by atoms with van der Waals surface area (Å²) in [5.74, 6) is -0.771. The molecule has 0 amide bonds. The van der Waals surface area contributed by atoms with Crippen molar-refractivity contribution in [1.82, 2.24) is 5.32 Å². The van der Waals surface area contributed by atoms with Crippen LogP contribution in [0.5, 0.6) is 0 Å². The molecule has 0 aromatic heterocycles. The van der Waals surface area contributed by atoms with Crippen molar-refractivity contribution >= 4 is 0 Å². The van der Waals surface area contributed by atoms with E-state index in [0.717, 1.165) is 6.42 Å². The molecular weight excluding hydrogens is 174 g/mol. The third kappa shape index (κ3) is 1.77. The Kier molecular flexibility index (Phi) is 3.13. The van der Waals surface area contributed by atoms with Gasteiger partial charge in [0.1, 0.15) is 6.10 Å². The Morgan fingerprint density at radius 1 is 1.46 bits per heavy atom. The number of likely N-dealkylation sites (N-methyl/N-ethyl adjacent to an activating group) is 1. The van der Waals surface area contributed by atoms with Crippen LogP contribution in [-0.2, 0) is 4.74 Å². The molecule has 1 aliphatic heterocycles. The molecule has 13 heavy (non-hydrogen) atoms. The SMILES string of the molecule is CCC(NC)C1OC(O)C(O)=C1O. The fraction of sp³-hybridized carbons (Fsp3) is 0.750. The molecule has 1 aliphatic rings. The molecule has 1 heterocycles. The molecule has 0 aromatic rings. The fourth-order valence-electron chi connectivity index (χ4n) is 1.40. The van der Waals surface area contributed by atoms with Crippen LogP contribution in [0.1, 0.15) is 13.3 Å². The molecule has 3 unspecified atom stereocenters. The van der Waals surface area contributed by atoms with Crippen molar-refractivity contribution in [1.29, 1.82) is 0 Å². The summed E-state index contributed by atoms with van der Waals surface area (Å²) in [6.07, 6.45) is -1.33. The van der Waals surface area contributed by atoms with Gasteiger partial charge in [-0.05, 0) is 13.5 Å². The van der Waals surface area contributed by atoms with Gasteiger partial charge in [-0.1, -0.05) is 6.92 Å². The van der Waals surface area contributed by atoms with E-state index in [9.17, 15) is 5.11 Å². The molecular formula is C8H15NO4. The summed E-state index contributed by atoms with van der Waals surface area (Å²) < 4.78 is 4.95. The van der Waals surface area contributed by atoms with Crippen molar-refractivity contribution < 1.29 is 20.1 Å². The van der Waals surface area contributed by atoms with E-state index in [1.54, 1.807) is 7.05 Å². The smallest absolute Gasteiger partial charge is 0.218 e. The lowest BCUT2D eigenvalue weighted by Gasteiger charge is -2.21. The van der Waals surface area contributed by atoms with E-state index < -0.39 is 18.2 Å². The number of aliphatic hydroxyl groups is 3. The first-order valence-corrected chi connectivity index (χ1v) is 4.24. The largest absolute Gasteiger partial charge is 0.506 e. The Hall–Kier alpha value is -0.780. The average molecular weight is 189 g/mol. The van der Waals surface area contributed by atoms with Crippen LogP contribution in [-0.4, -0.2) is 40.8 Å². The van der Waals surface area contributed by atoms with Crippen molar-refractivity contribution in [2.45, 2.75) is 31.8 Å². The van der Waals surface area contributed by atoms with Crippen molar-refractivity contribution in [3.63, 3.8) is 0 Å². The maximum absolute atomic E-state index is 9.37. The summed E-state index contributed by atoms with van der Waals surface area (Å²) in [7, 11) is 1.73. The Morgan fingerprint density at radius 3 is 2.38 bits per heavy atom. The van der Waals surface area contributed by atoms with Crippen molar-refractivity contribution in [2.24, 2.45) is 0 Å². The van der Waals surface area contributed by atoms with Crippen LogP contribution in [0.2, 0.25) is 0 Å². The highest BCUT2D eigenvalue weighted by atomic mass is 16.6. The third-order valence-electron chi connectivity index (χ3n) is 2.22. The molecule has 0 bridgehead atoms. The second-order valence-corrected chi connectivity index (χ2v) is 2.98. The van der Waals surface area contributed by atoms with Crippen molar-refractivity contribution in [2.75, 3.05) is 7.05 Å². The molecule has 76 valence electrons. The van der Waals surface area contributed by atoms with Crippen LogP contribution in [0.25, 0.3) is 0 Å². The lowest BCUT2D eigenvalue weighted by atomic mass is 10.1. The first-order valence-electron chi connectivity index (χ1n) is 4.24. The summed E-state index contributed by atoms with van der Waals surface area (Å²) in [6.45, 7) is 1.92. The maximum atomic E-state index is 9.37. The minimum absolute atomic E-state index is 0.112. The first kappa shape index (κ1) is 10.3. The zero-order valence-electron chi connectivity index (χ0n) is 7.69. The van der Waals surface area contributed by atoms with Gasteiger partial charge < -0.3 is 25.4 Å². The minimum Gasteiger partial charge on any atom is -0.506 e. The van der Waals surface area contributed by atoms with Gasteiger partial charge in [0, 0.05) is 6.04 Å². The van der Waals surface area contributed by atoms with Gasteiger partial charge in [0.05, 0.1) is 0 Å². The van der Waals surface area contributed by atoms with Crippen LogP contribution in [0.4, 0.5) is 0 Å². The van der Waals surface area contributed by atoms with Gasteiger partial charge in [0.25, 0.3) is 0 Å². The van der Waals surface area contributed by atoms with Gasteiger partial charge in [-0.3, -0.25) is 0 Å². The Labute approximate surface area is 76.6 Å². The van der Waals surface area contributed by atoms with Crippen LogP contribution in [0.15, 0.2) is 11.5 Å². The monoisotopic (exact) mass is 189 g/mol. The number of hydrogen-bond acceptors (Lipinski definition) is 5. The van der Waals surface area contributed by atoms with E-state index in [2.05, 4.69) is 5.32 Å². The van der Waals surface area contributed by atoms with Gasteiger partial charge in [-0.25, -0.2) is 0 Å². The van der Waals surface area contributed by atoms with Crippen molar-refractivity contribution in [3.05, 3.63) is 11.5 Å². The minimum atomic E-state index is -1.40. The predicted molar refractivity (Wildman–Crippen MR) is 46.3 cm³/mol. The van der Waals surface area contributed by atoms with E-state index in [1.807, 2.05) is 6.92 Å². The van der Waals surface area contributed by atoms with Gasteiger partial charge in [0.2, 0.25) is 6.29 Å². The lowest BCUT2D eigenvalue weighted by Crippen LogP contribution is -2.39. The second-order valence-electron chi connectivity index (χ2n) is 2.98. The van der Waals surface area contributed by atoms with Crippen molar-refractivity contribution in [3.8, 4) is 0 Å². The van der Waals surface area contributed by atoms with Gasteiger partial charge in [-0.2, -0.15) is 0 Å². The lowest BCUT2D eigenvalue weighted by molar-refractivity contribution is -0.106. The van der Waals surface area contributed by atoms with Crippen LogP contribution >= 0.6 is 0 Å². The summed E-state index contributed by atoms with van der Waals surface area (Å²) in [4.78, 5) is 0. The highest BCUT2D eigenvalue weighted by Crippen LogP contribution is 2.25. The molecule has 0 saturated carbocycles. The molecule has 0 spiro atoms. The number of hydrogen-bond donors (Lipinski definition) is 4. The summed E-state index contributed by atoms with van der Waals surface area (Å²) in [5.41, 5.74) is 0. The van der Waals surface area contributed by atoms with Crippen LogP contribution in [0, 0.1) is 0 Å². The van der Waals surface area contributed by atoms with Gasteiger partial charge in [-0.15, -0.1) is 0 Å². The maximum Gasteiger partial charge on any atom is 0.218 e. The zero-order valence-corrected chi connectivity index (χ0v) is 7.69. The molecule has 5 nitrogen and oxygen atoms in total. The van der Waals surface area contributed by atoms with Gasteiger partial charge >= 0.3 is 0 Å². The topological polar surface area (TPSA) is 82.0 Å². The Morgan fingerprint density at radius 2 is 2.08 bits per heavy atom. The van der Waals surface area contributed by atoms with Crippen LogP contribution in [0.3, 0.4) is 0 Å². The van der Waals surface area contributed by atoms with E-state index in [-0.39, 0.29) is 11.8 Å². The molecule has 0 radical (unpaired) electrons. The van der Waals surface area contributed by atoms with Crippen LogP contribution < -0.4 is 5.32 Å². The first-order chi connectivity index (χ1) is 6.11. The summed E-state index contributed by atoms with van der Waals surface area (Å²) in [6, 6.07) is -0.112.